The third-order valence-electron chi connectivity index (χ3n) is 4.13. The summed E-state index contributed by atoms with van der Waals surface area (Å²) in [5.74, 6) is 0.370. The molecule has 2 aliphatic carbocycles. The molecule has 104 valence electrons. The van der Waals surface area contributed by atoms with Gasteiger partial charge in [0.15, 0.2) is 0 Å². The Morgan fingerprint density at radius 2 is 1.84 bits per heavy atom. The van der Waals surface area contributed by atoms with Crippen molar-refractivity contribution in [2.75, 3.05) is 0 Å². The van der Waals surface area contributed by atoms with Crippen molar-refractivity contribution in [2.24, 2.45) is 0 Å². The molecule has 2 fully saturated rings. The molecule has 0 saturated heterocycles. The van der Waals surface area contributed by atoms with Gasteiger partial charge in [-0.1, -0.05) is 37.4 Å². The number of tetrazole rings is 1. The zero-order valence-corrected chi connectivity index (χ0v) is 11.9. The van der Waals surface area contributed by atoms with Crippen LogP contribution in [0.3, 0.4) is 0 Å². The Morgan fingerprint density at radius 3 is 2.63 bits per heavy atom. The van der Waals surface area contributed by atoms with Crippen LogP contribution in [0, 0.1) is 0 Å². The molecular formula is C13H20N4OS. The van der Waals surface area contributed by atoms with Gasteiger partial charge in [-0.3, -0.25) is 4.79 Å². The fourth-order valence-corrected chi connectivity index (χ4v) is 4.19. The first-order chi connectivity index (χ1) is 9.34. The third kappa shape index (κ3) is 2.99. The van der Waals surface area contributed by atoms with Crippen LogP contribution in [0.4, 0.5) is 0 Å². The minimum Gasteiger partial charge on any atom is -0.298 e. The maximum atomic E-state index is 11.9. The van der Waals surface area contributed by atoms with Crippen molar-refractivity contribution in [2.45, 2.75) is 74.2 Å². The predicted octanol–water partition coefficient (Wildman–Crippen LogP) is 2.78. The van der Waals surface area contributed by atoms with Crippen molar-refractivity contribution in [3.8, 4) is 0 Å². The molecule has 1 aromatic rings. The van der Waals surface area contributed by atoms with Gasteiger partial charge < -0.3 is 0 Å². The maximum Gasteiger partial charge on any atom is 0.210 e. The number of aromatic nitrogens is 4. The Kier molecular flexibility index (Phi) is 4.15. The Labute approximate surface area is 117 Å². The van der Waals surface area contributed by atoms with E-state index in [0.717, 1.165) is 43.7 Å². The number of thioether (sulfide) groups is 1. The van der Waals surface area contributed by atoms with Crippen molar-refractivity contribution < 1.29 is 4.79 Å². The highest BCUT2D eigenvalue weighted by Gasteiger charge is 2.27. The number of nitrogens with zero attached hydrogens (tertiary/aromatic N) is 4. The summed E-state index contributed by atoms with van der Waals surface area (Å²) in [6.45, 7) is 0. The van der Waals surface area contributed by atoms with Crippen molar-refractivity contribution in [1.29, 1.82) is 0 Å². The van der Waals surface area contributed by atoms with Gasteiger partial charge in [0.2, 0.25) is 5.16 Å². The molecule has 0 bridgehead atoms. The number of hydrogen-bond donors (Lipinski definition) is 0. The minimum atomic E-state index is 0.0714. The summed E-state index contributed by atoms with van der Waals surface area (Å²) in [5.41, 5.74) is 0. The first kappa shape index (κ1) is 13.1. The van der Waals surface area contributed by atoms with Gasteiger partial charge in [-0.2, -0.15) is 0 Å². The van der Waals surface area contributed by atoms with Crippen molar-refractivity contribution >= 4 is 17.5 Å². The van der Waals surface area contributed by atoms with E-state index in [9.17, 15) is 4.79 Å². The molecule has 1 atom stereocenters. The average Bonchev–Trinajstić information content (AvgIpc) is 2.91. The number of hydrogen-bond acceptors (Lipinski definition) is 5. The van der Waals surface area contributed by atoms with Gasteiger partial charge in [0.1, 0.15) is 5.78 Å². The van der Waals surface area contributed by atoms with Crippen LogP contribution in [0.5, 0.6) is 0 Å². The Morgan fingerprint density at radius 1 is 1.05 bits per heavy atom. The normalized spacial score (nSPS) is 25.7. The quantitative estimate of drug-likeness (QED) is 0.852. The molecular weight excluding hydrogens is 260 g/mol. The van der Waals surface area contributed by atoms with Gasteiger partial charge in [-0.15, -0.1) is 5.10 Å². The van der Waals surface area contributed by atoms with Crippen LogP contribution in [0.2, 0.25) is 0 Å². The highest BCUT2D eigenvalue weighted by molar-refractivity contribution is 8.00. The molecule has 0 spiro atoms. The van der Waals surface area contributed by atoms with Gasteiger partial charge in [0.05, 0.1) is 11.3 Å². The van der Waals surface area contributed by atoms with Gasteiger partial charge in [-0.25, -0.2) is 4.68 Å². The number of carbonyl (C=O) groups excluding carboxylic acids is 1. The van der Waals surface area contributed by atoms with Crippen LogP contribution in [0.1, 0.15) is 63.8 Å². The summed E-state index contributed by atoms with van der Waals surface area (Å²) in [6.07, 6.45) is 10.1. The molecule has 1 heterocycles. The average molecular weight is 280 g/mol. The van der Waals surface area contributed by atoms with E-state index in [1.54, 1.807) is 11.8 Å². The van der Waals surface area contributed by atoms with Gasteiger partial charge >= 0.3 is 0 Å². The van der Waals surface area contributed by atoms with Crippen LogP contribution in [0.15, 0.2) is 5.16 Å². The van der Waals surface area contributed by atoms with E-state index in [0.29, 0.717) is 11.8 Å². The standard InChI is InChI=1S/C13H20N4OS/c18-11-8-4-5-9-12(11)19-13-14-15-16-17(13)10-6-2-1-3-7-10/h10,12H,1-9H2. The van der Waals surface area contributed by atoms with Gasteiger partial charge in [0, 0.05) is 6.42 Å². The zero-order valence-electron chi connectivity index (χ0n) is 11.1. The second kappa shape index (κ2) is 6.03. The molecule has 0 amide bonds. The lowest BCUT2D eigenvalue weighted by Gasteiger charge is -2.24. The van der Waals surface area contributed by atoms with E-state index in [-0.39, 0.29) is 5.25 Å². The predicted molar refractivity (Wildman–Crippen MR) is 73.1 cm³/mol. The van der Waals surface area contributed by atoms with E-state index in [2.05, 4.69) is 15.5 Å². The largest absolute Gasteiger partial charge is 0.298 e. The smallest absolute Gasteiger partial charge is 0.210 e. The Hall–Kier alpha value is -0.910. The molecule has 2 saturated carbocycles. The topological polar surface area (TPSA) is 60.7 Å². The monoisotopic (exact) mass is 280 g/mol. The van der Waals surface area contributed by atoms with E-state index >= 15 is 0 Å². The molecule has 1 unspecified atom stereocenters. The summed E-state index contributed by atoms with van der Waals surface area (Å²) < 4.78 is 1.96. The summed E-state index contributed by atoms with van der Waals surface area (Å²) in [4.78, 5) is 11.9. The number of carbonyl (C=O) groups is 1. The Balaban J connectivity index is 1.70. The van der Waals surface area contributed by atoms with E-state index < -0.39 is 0 Å². The molecule has 2 aliphatic rings. The fraction of sp³-hybridized carbons (Fsp3) is 0.846. The van der Waals surface area contributed by atoms with Crippen molar-refractivity contribution in [1.82, 2.24) is 20.2 Å². The zero-order chi connectivity index (χ0) is 13.1. The van der Waals surface area contributed by atoms with Crippen molar-refractivity contribution in [3.05, 3.63) is 0 Å². The van der Waals surface area contributed by atoms with Crippen molar-refractivity contribution in [3.63, 3.8) is 0 Å². The molecule has 3 rings (SSSR count). The molecule has 0 aromatic carbocycles. The minimum absolute atomic E-state index is 0.0714. The first-order valence-electron chi connectivity index (χ1n) is 7.32. The molecule has 6 heteroatoms. The van der Waals surface area contributed by atoms with Crippen LogP contribution in [0.25, 0.3) is 0 Å². The first-order valence-corrected chi connectivity index (χ1v) is 8.20. The van der Waals surface area contributed by atoms with Gasteiger partial charge in [-0.05, 0) is 36.1 Å². The molecule has 1 aromatic heterocycles. The van der Waals surface area contributed by atoms with Crippen LogP contribution in [-0.2, 0) is 4.79 Å². The van der Waals surface area contributed by atoms with Gasteiger partial charge in [0.25, 0.3) is 0 Å². The van der Waals surface area contributed by atoms with E-state index in [1.165, 1.54) is 19.3 Å². The molecule has 0 aliphatic heterocycles. The second-order valence-corrected chi connectivity index (χ2v) is 6.69. The summed E-state index contributed by atoms with van der Waals surface area (Å²) in [6, 6.07) is 0.435. The number of Topliss-reactive ketones (excluding diaryl/α,β-unsaturated/α-hetero) is 1. The summed E-state index contributed by atoms with van der Waals surface area (Å²) in [5, 5.41) is 13.0. The summed E-state index contributed by atoms with van der Waals surface area (Å²) in [7, 11) is 0. The fourth-order valence-electron chi connectivity index (χ4n) is 3.02. The molecule has 0 radical (unpaired) electrons. The third-order valence-corrected chi connectivity index (χ3v) is 5.39. The van der Waals surface area contributed by atoms with Crippen LogP contribution < -0.4 is 0 Å². The van der Waals surface area contributed by atoms with Crippen LogP contribution >= 0.6 is 11.8 Å². The van der Waals surface area contributed by atoms with E-state index in [1.807, 2.05) is 4.68 Å². The summed E-state index contributed by atoms with van der Waals surface area (Å²) >= 11 is 1.58. The molecule has 5 nitrogen and oxygen atoms in total. The number of ketones is 1. The highest BCUT2D eigenvalue weighted by atomic mass is 32.2. The highest BCUT2D eigenvalue weighted by Crippen LogP contribution is 2.34. The number of rotatable bonds is 3. The molecule has 19 heavy (non-hydrogen) atoms. The Bertz CT molecular complexity index is 442. The van der Waals surface area contributed by atoms with Crippen LogP contribution in [-0.4, -0.2) is 31.2 Å². The van der Waals surface area contributed by atoms with E-state index in [4.69, 9.17) is 0 Å². The second-order valence-electron chi connectivity index (χ2n) is 5.52. The molecule has 0 N–H and O–H groups in total. The maximum absolute atomic E-state index is 11.9. The lowest BCUT2D eigenvalue weighted by atomic mass is 9.96. The lowest BCUT2D eigenvalue weighted by Crippen LogP contribution is -2.23. The lowest BCUT2D eigenvalue weighted by molar-refractivity contribution is -0.119. The SMILES string of the molecule is O=C1CCCCC1Sc1nnnn1C1CCCCC1.